The summed E-state index contributed by atoms with van der Waals surface area (Å²) in [5, 5.41) is 2.10. The quantitative estimate of drug-likeness (QED) is 0.328. The highest BCUT2D eigenvalue weighted by Crippen LogP contribution is 2.25. The summed E-state index contributed by atoms with van der Waals surface area (Å²) in [7, 11) is 0. The monoisotopic (exact) mass is 298 g/mol. The molecule has 0 unspecified atom stereocenters. The molecule has 2 rings (SSSR count). The van der Waals surface area contributed by atoms with E-state index < -0.39 is 0 Å². The molecule has 0 atom stereocenters. The molecule has 0 aliphatic carbocycles. The van der Waals surface area contributed by atoms with Crippen molar-refractivity contribution < 1.29 is 9.53 Å². The van der Waals surface area contributed by atoms with Gasteiger partial charge in [-0.15, -0.1) is 0 Å². The molecular weight excluding hydrogens is 272 g/mol. The van der Waals surface area contributed by atoms with Crippen LogP contribution in [-0.2, 0) is 4.79 Å². The highest BCUT2D eigenvalue weighted by molar-refractivity contribution is 5.90. The molecule has 0 saturated heterocycles. The number of carbonyl (C=O) groups is 1. The van der Waals surface area contributed by atoms with Crippen molar-refractivity contribution >= 4 is 16.7 Å². The highest BCUT2D eigenvalue weighted by atomic mass is 16.5. The first kappa shape index (κ1) is 16.5. The molecule has 2 aromatic carbocycles. The molecule has 0 saturated carbocycles. The van der Waals surface area contributed by atoms with E-state index in [9.17, 15) is 4.79 Å². The number of hydrogen-bond acceptors (Lipinski definition) is 2. The summed E-state index contributed by atoms with van der Waals surface area (Å²) in [5.41, 5.74) is 0. The fourth-order valence-corrected chi connectivity index (χ4v) is 2.68. The maximum Gasteiger partial charge on any atom is 0.311 e. The molecule has 0 radical (unpaired) electrons. The first-order valence-electron chi connectivity index (χ1n) is 8.49. The minimum Gasteiger partial charge on any atom is -0.426 e. The van der Waals surface area contributed by atoms with Crippen LogP contribution in [0.15, 0.2) is 42.5 Å². The standard InChI is InChI=1S/C20H26O2/c1-2-3-4-5-6-7-8-16-20(21)22-19-15-11-13-17-12-9-10-14-18(17)19/h9-15H,2-8,16H2,1H3. The van der Waals surface area contributed by atoms with Crippen LogP contribution in [0.1, 0.15) is 58.3 Å². The van der Waals surface area contributed by atoms with E-state index >= 15 is 0 Å². The van der Waals surface area contributed by atoms with Crippen LogP contribution >= 0.6 is 0 Å². The third-order valence-electron chi connectivity index (χ3n) is 3.96. The summed E-state index contributed by atoms with van der Waals surface area (Å²) in [5.74, 6) is 0.552. The third-order valence-corrected chi connectivity index (χ3v) is 3.96. The molecule has 2 heteroatoms. The predicted octanol–water partition coefficient (Wildman–Crippen LogP) is 5.89. The van der Waals surface area contributed by atoms with Crippen LogP contribution in [0.3, 0.4) is 0 Å². The molecule has 2 aromatic rings. The maximum absolute atomic E-state index is 12.0. The minimum atomic E-state index is -0.120. The van der Waals surface area contributed by atoms with Crippen molar-refractivity contribution in [2.24, 2.45) is 0 Å². The van der Waals surface area contributed by atoms with Gasteiger partial charge in [-0.3, -0.25) is 4.79 Å². The fourth-order valence-electron chi connectivity index (χ4n) is 2.68. The molecule has 22 heavy (non-hydrogen) atoms. The van der Waals surface area contributed by atoms with Gasteiger partial charge < -0.3 is 4.74 Å². The predicted molar refractivity (Wildman–Crippen MR) is 92.2 cm³/mol. The summed E-state index contributed by atoms with van der Waals surface area (Å²) < 4.78 is 5.53. The lowest BCUT2D eigenvalue weighted by molar-refractivity contribution is -0.134. The summed E-state index contributed by atoms with van der Waals surface area (Å²) >= 11 is 0. The van der Waals surface area contributed by atoms with Gasteiger partial charge in [-0.2, -0.15) is 0 Å². The van der Waals surface area contributed by atoms with Gasteiger partial charge in [-0.25, -0.2) is 0 Å². The van der Waals surface area contributed by atoms with E-state index in [4.69, 9.17) is 4.74 Å². The van der Waals surface area contributed by atoms with Gasteiger partial charge in [0.1, 0.15) is 5.75 Å². The highest BCUT2D eigenvalue weighted by Gasteiger charge is 2.07. The molecule has 0 aliphatic heterocycles. The van der Waals surface area contributed by atoms with Crippen molar-refractivity contribution in [1.82, 2.24) is 0 Å². The maximum atomic E-state index is 12.0. The van der Waals surface area contributed by atoms with Crippen molar-refractivity contribution in [3.63, 3.8) is 0 Å². The SMILES string of the molecule is CCCCCCCCCC(=O)Oc1cccc2ccccc12. The van der Waals surface area contributed by atoms with E-state index in [1.54, 1.807) is 0 Å². The molecular formula is C20H26O2. The van der Waals surface area contributed by atoms with Crippen LogP contribution in [0, 0.1) is 0 Å². The number of rotatable bonds is 9. The van der Waals surface area contributed by atoms with E-state index in [1.807, 2.05) is 42.5 Å². The average molecular weight is 298 g/mol. The van der Waals surface area contributed by atoms with Crippen LogP contribution in [0.4, 0.5) is 0 Å². The van der Waals surface area contributed by atoms with Crippen LogP contribution < -0.4 is 4.74 Å². The van der Waals surface area contributed by atoms with Crippen LogP contribution in [0.2, 0.25) is 0 Å². The average Bonchev–Trinajstić information content (AvgIpc) is 2.54. The Hall–Kier alpha value is -1.83. The summed E-state index contributed by atoms with van der Waals surface area (Å²) in [6.07, 6.45) is 8.98. The molecule has 118 valence electrons. The van der Waals surface area contributed by atoms with E-state index in [0.29, 0.717) is 12.2 Å². The van der Waals surface area contributed by atoms with E-state index in [2.05, 4.69) is 6.92 Å². The van der Waals surface area contributed by atoms with Crippen molar-refractivity contribution in [3.8, 4) is 5.75 Å². The van der Waals surface area contributed by atoms with Crippen molar-refractivity contribution in [1.29, 1.82) is 0 Å². The van der Waals surface area contributed by atoms with Gasteiger partial charge in [0.2, 0.25) is 0 Å². The largest absolute Gasteiger partial charge is 0.426 e. The molecule has 0 spiro atoms. The Balaban J connectivity index is 1.75. The molecule has 0 aliphatic rings. The van der Waals surface area contributed by atoms with E-state index in [-0.39, 0.29) is 5.97 Å². The van der Waals surface area contributed by atoms with Crippen LogP contribution in [0.25, 0.3) is 10.8 Å². The fraction of sp³-hybridized carbons (Fsp3) is 0.450. The van der Waals surface area contributed by atoms with Crippen LogP contribution in [-0.4, -0.2) is 5.97 Å². The van der Waals surface area contributed by atoms with Gasteiger partial charge in [0, 0.05) is 11.8 Å². The number of ether oxygens (including phenoxy) is 1. The molecule has 0 N–H and O–H groups in total. The first-order valence-corrected chi connectivity index (χ1v) is 8.49. The number of hydrogen-bond donors (Lipinski definition) is 0. The Morgan fingerprint density at radius 2 is 1.55 bits per heavy atom. The molecule has 0 aromatic heterocycles. The van der Waals surface area contributed by atoms with Crippen LogP contribution in [0.5, 0.6) is 5.75 Å². The van der Waals surface area contributed by atoms with Crippen molar-refractivity contribution in [2.75, 3.05) is 0 Å². The molecule has 2 nitrogen and oxygen atoms in total. The smallest absolute Gasteiger partial charge is 0.311 e. The number of fused-ring (bicyclic) bond motifs is 1. The molecule has 0 amide bonds. The Morgan fingerprint density at radius 3 is 2.36 bits per heavy atom. The Labute approximate surface area is 133 Å². The van der Waals surface area contributed by atoms with Gasteiger partial charge >= 0.3 is 5.97 Å². The minimum absolute atomic E-state index is 0.120. The lowest BCUT2D eigenvalue weighted by Gasteiger charge is -2.07. The zero-order valence-corrected chi connectivity index (χ0v) is 13.5. The third kappa shape index (κ3) is 5.18. The van der Waals surface area contributed by atoms with Gasteiger partial charge in [0.05, 0.1) is 0 Å². The van der Waals surface area contributed by atoms with Gasteiger partial charge in [-0.1, -0.05) is 81.8 Å². The van der Waals surface area contributed by atoms with Crippen molar-refractivity contribution in [3.05, 3.63) is 42.5 Å². The van der Waals surface area contributed by atoms with Gasteiger partial charge in [0.15, 0.2) is 0 Å². The number of benzene rings is 2. The lowest BCUT2D eigenvalue weighted by atomic mass is 10.1. The number of unbranched alkanes of at least 4 members (excludes halogenated alkanes) is 6. The second kappa shape index (κ2) is 9.24. The number of esters is 1. The Morgan fingerprint density at radius 1 is 0.864 bits per heavy atom. The second-order valence-corrected chi connectivity index (χ2v) is 5.82. The Kier molecular flexibility index (Phi) is 6.95. The molecule has 0 heterocycles. The Bertz CT molecular complexity index is 584. The topological polar surface area (TPSA) is 26.3 Å². The van der Waals surface area contributed by atoms with E-state index in [1.165, 1.54) is 32.1 Å². The summed E-state index contributed by atoms with van der Waals surface area (Å²) in [6, 6.07) is 13.8. The van der Waals surface area contributed by atoms with Gasteiger partial charge in [0.25, 0.3) is 0 Å². The number of carbonyl (C=O) groups excluding carboxylic acids is 1. The van der Waals surface area contributed by atoms with Gasteiger partial charge in [-0.05, 0) is 17.9 Å². The summed E-state index contributed by atoms with van der Waals surface area (Å²) in [4.78, 5) is 12.0. The normalized spacial score (nSPS) is 10.8. The second-order valence-electron chi connectivity index (χ2n) is 5.82. The summed E-state index contributed by atoms with van der Waals surface area (Å²) in [6.45, 7) is 2.23. The van der Waals surface area contributed by atoms with Crippen molar-refractivity contribution in [2.45, 2.75) is 58.3 Å². The first-order chi connectivity index (χ1) is 10.8. The van der Waals surface area contributed by atoms with E-state index in [0.717, 1.165) is 23.6 Å². The zero-order chi connectivity index (χ0) is 15.6. The molecule has 0 fully saturated rings. The zero-order valence-electron chi connectivity index (χ0n) is 13.5. The lowest BCUT2D eigenvalue weighted by Crippen LogP contribution is -2.07. The molecule has 0 bridgehead atoms.